The molecule has 0 aromatic heterocycles. The van der Waals surface area contributed by atoms with E-state index < -0.39 is 0 Å². The lowest BCUT2D eigenvalue weighted by atomic mass is 9.85. The van der Waals surface area contributed by atoms with Crippen LogP contribution in [0.5, 0.6) is 5.75 Å². The minimum absolute atomic E-state index is 0.207. The number of rotatable bonds is 5. The Hall–Kier alpha value is -1.02. The van der Waals surface area contributed by atoms with Crippen molar-refractivity contribution in [2.75, 3.05) is 7.05 Å². The summed E-state index contributed by atoms with van der Waals surface area (Å²) < 4.78 is 5.90. The lowest BCUT2D eigenvalue weighted by Crippen LogP contribution is -2.23. The van der Waals surface area contributed by atoms with E-state index in [0.717, 1.165) is 12.2 Å². The van der Waals surface area contributed by atoms with Gasteiger partial charge in [-0.05, 0) is 38.8 Å². The summed E-state index contributed by atoms with van der Waals surface area (Å²) in [5.41, 5.74) is 1.54. The van der Waals surface area contributed by atoms with Crippen LogP contribution in [0.2, 0.25) is 0 Å². The van der Waals surface area contributed by atoms with E-state index in [1.54, 1.807) is 0 Å². The fraction of sp³-hybridized carbons (Fsp3) is 0.625. The van der Waals surface area contributed by atoms with Gasteiger partial charge in [0.05, 0.1) is 6.10 Å². The zero-order valence-corrected chi connectivity index (χ0v) is 12.6. The van der Waals surface area contributed by atoms with E-state index in [-0.39, 0.29) is 6.10 Å². The first-order valence-electron chi connectivity index (χ1n) is 6.76. The van der Waals surface area contributed by atoms with Crippen LogP contribution in [0, 0.1) is 5.41 Å². The topological polar surface area (TPSA) is 21.3 Å². The highest BCUT2D eigenvalue weighted by atomic mass is 16.5. The molecule has 1 rings (SSSR count). The molecule has 0 aliphatic heterocycles. The Kier molecular flexibility index (Phi) is 5.21. The Morgan fingerprint density at radius 2 is 1.78 bits per heavy atom. The zero-order chi connectivity index (χ0) is 13.8. The molecule has 18 heavy (non-hydrogen) atoms. The van der Waals surface area contributed by atoms with Gasteiger partial charge in [-0.25, -0.2) is 0 Å². The number of ether oxygens (including phenoxy) is 1. The van der Waals surface area contributed by atoms with Crippen LogP contribution in [0.3, 0.4) is 0 Å². The summed E-state index contributed by atoms with van der Waals surface area (Å²) in [5, 5.41) is 3.41. The van der Waals surface area contributed by atoms with Crippen molar-refractivity contribution >= 4 is 0 Å². The molecule has 0 bridgehead atoms. The summed E-state index contributed by atoms with van der Waals surface area (Å²) in [7, 11) is 2.02. The average Bonchev–Trinajstić information content (AvgIpc) is 2.25. The minimum atomic E-state index is 0.207. The van der Waals surface area contributed by atoms with Crippen molar-refractivity contribution in [1.29, 1.82) is 0 Å². The molecule has 1 aromatic carbocycles. The first-order valence-corrected chi connectivity index (χ1v) is 6.76. The van der Waals surface area contributed by atoms with Crippen molar-refractivity contribution in [2.24, 2.45) is 5.41 Å². The van der Waals surface area contributed by atoms with Gasteiger partial charge in [0.25, 0.3) is 0 Å². The Labute approximate surface area is 112 Å². The molecular weight excluding hydrogens is 222 g/mol. The largest absolute Gasteiger partial charge is 0.491 e. The molecule has 102 valence electrons. The van der Waals surface area contributed by atoms with Gasteiger partial charge in [-0.2, -0.15) is 0 Å². The van der Waals surface area contributed by atoms with Gasteiger partial charge in [-0.3, -0.25) is 0 Å². The van der Waals surface area contributed by atoms with Gasteiger partial charge in [0.1, 0.15) is 5.75 Å². The molecule has 0 radical (unpaired) electrons. The van der Waals surface area contributed by atoms with Crippen molar-refractivity contribution in [3.63, 3.8) is 0 Å². The van der Waals surface area contributed by atoms with Crippen molar-refractivity contribution < 1.29 is 4.74 Å². The van der Waals surface area contributed by atoms with Crippen LogP contribution < -0.4 is 10.1 Å². The van der Waals surface area contributed by atoms with Gasteiger partial charge in [-0.15, -0.1) is 0 Å². The van der Waals surface area contributed by atoms with E-state index in [4.69, 9.17) is 4.74 Å². The Morgan fingerprint density at radius 1 is 1.17 bits per heavy atom. The van der Waals surface area contributed by atoms with Gasteiger partial charge in [0, 0.05) is 11.6 Å². The van der Waals surface area contributed by atoms with Gasteiger partial charge in [0.15, 0.2) is 0 Å². The molecule has 1 unspecified atom stereocenters. The van der Waals surface area contributed by atoms with E-state index in [2.05, 4.69) is 58.1 Å². The molecule has 0 fully saturated rings. The average molecular weight is 249 g/mol. The Bertz CT molecular complexity index is 366. The maximum atomic E-state index is 5.90. The third kappa shape index (κ3) is 4.69. The molecule has 0 amide bonds. The standard InChI is InChI=1S/C16H27NO/c1-12(2)18-15-10-8-7-9-13(15)14(17-6)11-16(3,4)5/h7-10,12,14,17H,11H2,1-6H3. The van der Waals surface area contributed by atoms with E-state index in [1.807, 2.05) is 13.1 Å². The van der Waals surface area contributed by atoms with Crippen molar-refractivity contribution in [3.8, 4) is 5.75 Å². The third-order valence-electron chi connectivity index (χ3n) is 2.82. The van der Waals surface area contributed by atoms with E-state index >= 15 is 0 Å². The summed E-state index contributed by atoms with van der Waals surface area (Å²) in [4.78, 5) is 0. The number of para-hydroxylation sites is 1. The Morgan fingerprint density at radius 3 is 2.28 bits per heavy atom. The predicted molar refractivity (Wildman–Crippen MR) is 78.1 cm³/mol. The van der Waals surface area contributed by atoms with Crippen LogP contribution in [-0.4, -0.2) is 13.2 Å². The molecule has 2 nitrogen and oxygen atoms in total. The summed E-state index contributed by atoms with van der Waals surface area (Å²) in [5.74, 6) is 0.996. The van der Waals surface area contributed by atoms with E-state index in [9.17, 15) is 0 Å². The second kappa shape index (κ2) is 6.24. The lowest BCUT2D eigenvalue weighted by molar-refractivity contribution is 0.234. The molecule has 0 saturated carbocycles. The number of hydrogen-bond acceptors (Lipinski definition) is 2. The van der Waals surface area contributed by atoms with E-state index in [1.165, 1.54) is 5.56 Å². The Balaban J connectivity index is 2.97. The fourth-order valence-electron chi connectivity index (χ4n) is 2.11. The van der Waals surface area contributed by atoms with Crippen molar-refractivity contribution in [1.82, 2.24) is 5.32 Å². The predicted octanol–water partition coefficient (Wildman–Crippen LogP) is 4.17. The smallest absolute Gasteiger partial charge is 0.124 e. The summed E-state index contributed by atoms with van der Waals surface area (Å²) in [6.07, 6.45) is 1.29. The van der Waals surface area contributed by atoms with Crippen LogP contribution in [0.4, 0.5) is 0 Å². The highest BCUT2D eigenvalue weighted by molar-refractivity contribution is 5.36. The molecule has 0 aliphatic carbocycles. The molecule has 0 aliphatic rings. The molecule has 2 heteroatoms. The fourth-order valence-corrected chi connectivity index (χ4v) is 2.11. The van der Waals surface area contributed by atoms with Gasteiger partial charge < -0.3 is 10.1 Å². The molecule has 1 N–H and O–H groups in total. The first-order chi connectivity index (χ1) is 8.33. The minimum Gasteiger partial charge on any atom is -0.491 e. The zero-order valence-electron chi connectivity index (χ0n) is 12.6. The second-order valence-corrected chi connectivity index (χ2v) is 6.31. The molecule has 0 spiro atoms. The van der Waals surface area contributed by atoms with Gasteiger partial charge in [0.2, 0.25) is 0 Å². The van der Waals surface area contributed by atoms with Crippen LogP contribution in [-0.2, 0) is 0 Å². The van der Waals surface area contributed by atoms with Gasteiger partial charge >= 0.3 is 0 Å². The molecule has 0 heterocycles. The normalized spacial score (nSPS) is 13.7. The maximum Gasteiger partial charge on any atom is 0.124 e. The van der Waals surface area contributed by atoms with Crippen molar-refractivity contribution in [2.45, 2.75) is 53.2 Å². The van der Waals surface area contributed by atoms with Crippen LogP contribution >= 0.6 is 0 Å². The van der Waals surface area contributed by atoms with Crippen LogP contribution in [0.15, 0.2) is 24.3 Å². The third-order valence-corrected chi connectivity index (χ3v) is 2.82. The SMILES string of the molecule is CNC(CC(C)(C)C)c1ccccc1OC(C)C. The summed E-state index contributed by atoms with van der Waals surface area (Å²) in [6.45, 7) is 10.9. The maximum absolute atomic E-state index is 5.90. The highest BCUT2D eigenvalue weighted by Crippen LogP contribution is 2.34. The number of benzene rings is 1. The quantitative estimate of drug-likeness (QED) is 0.845. The lowest BCUT2D eigenvalue weighted by Gasteiger charge is -2.27. The number of nitrogens with one attached hydrogen (secondary N) is 1. The van der Waals surface area contributed by atoms with Gasteiger partial charge in [-0.1, -0.05) is 39.0 Å². The molecular formula is C16H27NO. The molecule has 0 saturated heterocycles. The van der Waals surface area contributed by atoms with Crippen LogP contribution in [0.25, 0.3) is 0 Å². The first kappa shape index (κ1) is 15.0. The van der Waals surface area contributed by atoms with E-state index in [0.29, 0.717) is 11.5 Å². The summed E-state index contributed by atoms with van der Waals surface area (Å²) >= 11 is 0. The molecule has 1 atom stereocenters. The second-order valence-electron chi connectivity index (χ2n) is 6.31. The monoisotopic (exact) mass is 249 g/mol. The van der Waals surface area contributed by atoms with Crippen LogP contribution in [0.1, 0.15) is 52.6 Å². The summed E-state index contributed by atoms with van der Waals surface area (Å²) in [6, 6.07) is 8.66. The highest BCUT2D eigenvalue weighted by Gasteiger charge is 2.21. The molecule has 1 aromatic rings. The van der Waals surface area contributed by atoms with Crippen molar-refractivity contribution in [3.05, 3.63) is 29.8 Å². The number of hydrogen-bond donors (Lipinski definition) is 1.